The maximum atomic E-state index is 9.28. The van der Waals surface area contributed by atoms with Crippen LogP contribution in [-0.2, 0) is 9.53 Å². The van der Waals surface area contributed by atoms with E-state index in [2.05, 4.69) is 4.74 Å². The Labute approximate surface area is 69.8 Å². The van der Waals surface area contributed by atoms with Crippen LogP contribution in [0.3, 0.4) is 0 Å². The molecule has 2 nitrogen and oxygen atoms in total. The Morgan fingerprint density at radius 1 is 1.83 bits per heavy atom. The van der Waals surface area contributed by atoms with Crippen molar-refractivity contribution < 1.29 is 50.4 Å². The predicted octanol–water partition coefficient (Wildman–Crippen LogP) is -0.168. The van der Waals surface area contributed by atoms with Crippen molar-refractivity contribution in [1.82, 2.24) is 0 Å². The van der Waals surface area contributed by atoms with Gasteiger partial charge in [-0.25, -0.2) is 0 Å². The maximum absolute atomic E-state index is 9.28. The van der Waals surface area contributed by atoms with Gasteiger partial charge in [0, 0.05) is 47.9 Å². The van der Waals surface area contributed by atoms with E-state index in [0.717, 1.165) is 0 Å². The summed E-state index contributed by atoms with van der Waals surface area (Å²) in [7, 11) is 1.48. The summed E-state index contributed by atoms with van der Waals surface area (Å²) < 4.78 is 4.32. The van der Waals surface area contributed by atoms with Crippen LogP contribution in [0.4, 0.5) is 0 Å². The zero-order valence-corrected chi connectivity index (χ0v) is 6.81. The van der Waals surface area contributed by atoms with Gasteiger partial charge in [0.05, 0.1) is 0 Å². The van der Waals surface area contributed by atoms with E-state index in [1.54, 1.807) is 0 Å². The van der Waals surface area contributed by atoms with E-state index >= 15 is 0 Å². The molecule has 0 fully saturated rings. The zero-order chi connectivity index (χ0) is 4.12. The molecule has 0 spiro atoms. The molecule has 0 aliphatic rings. The van der Waals surface area contributed by atoms with Gasteiger partial charge in [0.1, 0.15) is 12.9 Å². The predicted molar refractivity (Wildman–Crippen MR) is 17.9 cm³/mol. The summed E-state index contributed by atoms with van der Waals surface area (Å²) in [5.41, 5.74) is 0. The molecule has 0 bridgehead atoms. The molecule has 0 radical (unpaired) electrons. The topological polar surface area (TPSA) is 26.3 Å². The van der Waals surface area contributed by atoms with Gasteiger partial charge < -0.3 is 9.53 Å². The molecule has 0 heterocycles. The van der Waals surface area contributed by atoms with Crippen molar-refractivity contribution in [2.75, 3.05) is 13.7 Å². The molecule has 6 heavy (non-hydrogen) atoms. The molecule has 0 amide bonds. The summed E-state index contributed by atoms with van der Waals surface area (Å²) >= 11 is 0. The maximum Gasteiger partial charge on any atom is 0.145 e. The van der Waals surface area contributed by atoms with Crippen LogP contribution in [0.2, 0.25) is 0 Å². The summed E-state index contributed by atoms with van der Waals surface area (Å²) in [5.74, 6) is 0. The van der Waals surface area contributed by atoms with E-state index in [4.69, 9.17) is 0 Å². The molecule has 0 unspecified atom stereocenters. The van der Waals surface area contributed by atoms with Crippen LogP contribution in [0, 0.1) is 40.8 Å². The van der Waals surface area contributed by atoms with Crippen molar-refractivity contribution in [3.8, 4) is 0 Å². The largest absolute Gasteiger partial charge is 0.377 e. The number of hydrogen-bond donors (Lipinski definition) is 0. The Balaban J connectivity index is 0. The van der Waals surface area contributed by atoms with Gasteiger partial charge in [-0.1, -0.05) is 0 Å². The fourth-order valence-corrected chi connectivity index (χ4v) is 0.0680. The monoisotopic (exact) mass is 216 g/mol. The van der Waals surface area contributed by atoms with E-state index in [0.29, 0.717) is 6.29 Å². The Morgan fingerprint density at radius 2 is 2.33 bits per heavy atom. The van der Waals surface area contributed by atoms with Gasteiger partial charge in [-0.2, -0.15) is 0 Å². The third-order valence-electron chi connectivity index (χ3n) is 0.235. The van der Waals surface area contributed by atoms with Gasteiger partial charge in [0.2, 0.25) is 0 Å². The van der Waals surface area contributed by atoms with Gasteiger partial charge in [-0.05, 0) is 0 Å². The third kappa shape index (κ3) is 8.88. The summed E-state index contributed by atoms with van der Waals surface area (Å²) in [6.45, 7) is 0.208. The SMILES string of the molecule is COCC=O.[Nd]. The molecule has 0 N–H and O–H groups in total. The van der Waals surface area contributed by atoms with Crippen molar-refractivity contribution in [3.05, 3.63) is 0 Å². The summed E-state index contributed by atoms with van der Waals surface area (Å²) in [4.78, 5) is 9.28. The minimum Gasteiger partial charge on any atom is -0.377 e. The van der Waals surface area contributed by atoms with Crippen LogP contribution >= 0.6 is 0 Å². The van der Waals surface area contributed by atoms with Gasteiger partial charge >= 0.3 is 0 Å². The summed E-state index contributed by atoms with van der Waals surface area (Å²) in [6, 6.07) is 0. The van der Waals surface area contributed by atoms with Crippen molar-refractivity contribution in [1.29, 1.82) is 0 Å². The second kappa shape index (κ2) is 9.36. The minimum absolute atomic E-state index is 0. The molecule has 0 atom stereocenters. The number of carbonyl (C=O) groups excluding carboxylic acids is 1. The van der Waals surface area contributed by atoms with E-state index in [1.807, 2.05) is 0 Å². The van der Waals surface area contributed by atoms with Gasteiger partial charge in [-0.3, -0.25) is 0 Å². The van der Waals surface area contributed by atoms with Crippen LogP contribution in [0.25, 0.3) is 0 Å². The number of hydrogen-bond acceptors (Lipinski definition) is 2. The van der Waals surface area contributed by atoms with Crippen LogP contribution < -0.4 is 0 Å². The van der Waals surface area contributed by atoms with Crippen molar-refractivity contribution in [2.45, 2.75) is 0 Å². The zero-order valence-electron chi connectivity index (χ0n) is 3.60. The van der Waals surface area contributed by atoms with E-state index in [9.17, 15) is 4.79 Å². The average molecular weight is 218 g/mol. The Bertz CT molecular complexity index is 30.0. The van der Waals surface area contributed by atoms with Crippen LogP contribution in [-0.4, -0.2) is 20.0 Å². The van der Waals surface area contributed by atoms with Crippen LogP contribution in [0.15, 0.2) is 0 Å². The first-order chi connectivity index (χ1) is 2.41. The first kappa shape index (κ1) is 10.1. The normalized spacial score (nSPS) is 6.17. The smallest absolute Gasteiger partial charge is 0.145 e. The molecule has 0 rings (SSSR count). The Hall–Kier alpha value is 0.981. The second-order valence-corrected chi connectivity index (χ2v) is 0.622. The molecule has 3 heteroatoms. The van der Waals surface area contributed by atoms with Crippen molar-refractivity contribution in [3.63, 3.8) is 0 Å². The van der Waals surface area contributed by atoms with Crippen LogP contribution in [0.1, 0.15) is 0 Å². The molecule has 0 saturated carbocycles. The Kier molecular flexibility index (Phi) is 15.7. The molecule has 0 aromatic carbocycles. The van der Waals surface area contributed by atoms with Crippen molar-refractivity contribution >= 4 is 6.29 Å². The van der Waals surface area contributed by atoms with Gasteiger partial charge in [-0.15, -0.1) is 0 Å². The van der Waals surface area contributed by atoms with E-state index in [1.165, 1.54) is 7.11 Å². The molecule has 0 saturated heterocycles. The first-order valence-electron chi connectivity index (χ1n) is 1.34. The number of aldehydes is 1. The molecule has 0 aliphatic carbocycles. The standard InChI is InChI=1S/C3H6O2.Nd/c1-5-3-2-4;/h2H,3H2,1H3;. The fourth-order valence-electron chi connectivity index (χ4n) is 0.0680. The fraction of sp³-hybridized carbons (Fsp3) is 0.667. The van der Waals surface area contributed by atoms with Crippen molar-refractivity contribution in [2.24, 2.45) is 0 Å². The molecular formula is C3H6NdO2. The molecule has 0 aliphatic heterocycles. The Morgan fingerprint density at radius 3 is 2.33 bits per heavy atom. The number of rotatable bonds is 2. The second-order valence-electron chi connectivity index (χ2n) is 0.622. The molecule has 0 aromatic rings. The van der Waals surface area contributed by atoms with Gasteiger partial charge in [0.15, 0.2) is 0 Å². The molecule has 0 aromatic heterocycles. The first-order valence-corrected chi connectivity index (χ1v) is 1.34. The number of methoxy groups -OCH3 is 1. The molecule has 34 valence electrons. The number of carbonyl (C=O) groups is 1. The summed E-state index contributed by atoms with van der Waals surface area (Å²) in [5, 5.41) is 0. The minimum atomic E-state index is 0. The van der Waals surface area contributed by atoms with E-state index < -0.39 is 0 Å². The quantitative estimate of drug-likeness (QED) is 0.602. The van der Waals surface area contributed by atoms with E-state index in [-0.39, 0.29) is 47.4 Å². The molecular weight excluding hydrogens is 212 g/mol. The average Bonchev–Trinajstić information content (AvgIpc) is 1.41. The number of ether oxygens (including phenoxy) is 1. The van der Waals surface area contributed by atoms with Gasteiger partial charge in [0.25, 0.3) is 0 Å². The van der Waals surface area contributed by atoms with Crippen LogP contribution in [0.5, 0.6) is 0 Å². The summed E-state index contributed by atoms with van der Waals surface area (Å²) in [6.07, 6.45) is 0.708. The third-order valence-corrected chi connectivity index (χ3v) is 0.235.